The van der Waals surface area contributed by atoms with Gasteiger partial charge in [-0.3, -0.25) is 4.79 Å². The van der Waals surface area contributed by atoms with Gasteiger partial charge in [-0.2, -0.15) is 0 Å². The molecule has 0 saturated carbocycles. The van der Waals surface area contributed by atoms with Crippen molar-refractivity contribution in [2.24, 2.45) is 5.73 Å². The smallest absolute Gasteiger partial charge is 0.246 e. The maximum absolute atomic E-state index is 11.2. The monoisotopic (exact) mass is 326 g/mol. The second kappa shape index (κ2) is 6.36. The summed E-state index contributed by atoms with van der Waals surface area (Å²) in [7, 11) is 0. The van der Waals surface area contributed by atoms with E-state index < -0.39 is 12.0 Å². The highest BCUT2D eigenvalue weighted by Gasteiger charge is 2.15. The van der Waals surface area contributed by atoms with Crippen molar-refractivity contribution >= 4 is 28.4 Å². The molecule has 0 radical (unpaired) electrons. The number of hydrogen-bond acceptors (Lipinski definition) is 3. The van der Waals surface area contributed by atoms with Crippen molar-refractivity contribution in [1.82, 2.24) is 4.98 Å². The summed E-state index contributed by atoms with van der Waals surface area (Å²) in [5.74, 6) is -0.741. The van der Waals surface area contributed by atoms with Crippen molar-refractivity contribution in [1.29, 1.82) is 0 Å². The molecule has 0 aliphatic heterocycles. The van der Waals surface area contributed by atoms with E-state index in [4.69, 9.17) is 17.3 Å². The number of para-hydroxylation sites is 1. The summed E-state index contributed by atoms with van der Waals surface area (Å²) in [5.41, 5.74) is 8.39. The Kier molecular flexibility index (Phi) is 4.28. The predicted octanol–water partition coefficient (Wildman–Crippen LogP) is 2.94. The van der Waals surface area contributed by atoms with Crippen LogP contribution in [0.5, 0.6) is 0 Å². The number of aromatic nitrogens is 1. The van der Waals surface area contributed by atoms with Crippen LogP contribution in [0.3, 0.4) is 0 Å². The molecule has 1 unspecified atom stereocenters. The summed E-state index contributed by atoms with van der Waals surface area (Å²) in [6.45, 7) is 0. The number of primary amides is 1. The molecule has 4 nitrogen and oxygen atoms in total. The number of pyridine rings is 1. The third kappa shape index (κ3) is 3.33. The Morgan fingerprint density at radius 3 is 2.70 bits per heavy atom. The number of aliphatic hydroxyl groups excluding tert-OH is 1. The van der Waals surface area contributed by atoms with Crippen LogP contribution in [-0.4, -0.2) is 22.1 Å². The molecule has 2 aromatic carbocycles. The van der Waals surface area contributed by atoms with Crippen LogP contribution in [0.25, 0.3) is 22.2 Å². The van der Waals surface area contributed by atoms with Gasteiger partial charge in [-0.1, -0.05) is 41.9 Å². The van der Waals surface area contributed by atoms with Crippen molar-refractivity contribution in [3.8, 4) is 11.3 Å². The zero-order valence-electron chi connectivity index (χ0n) is 12.2. The van der Waals surface area contributed by atoms with Gasteiger partial charge in [0.25, 0.3) is 0 Å². The molecule has 3 aromatic rings. The van der Waals surface area contributed by atoms with E-state index in [1.807, 2.05) is 48.5 Å². The van der Waals surface area contributed by atoms with Gasteiger partial charge in [0.1, 0.15) is 6.10 Å². The van der Waals surface area contributed by atoms with E-state index >= 15 is 0 Å². The molecular formula is C18H15ClN2O2. The molecule has 1 atom stereocenters. The Bertz CT molecular complexity index is 880. The molecule has 1 heterocycles. The third-order valence-electron chi connectivity index (χ3n) is 3.66. The lowest BCUT2D eigenvalue weighted by atomic mass is 9.99. The van der Waals surface area contributed by atoms with Gasteiger partial charge < -0.3 is 10.8 Å². The number of amides is 1. The van der Waals surface area contributed by atoms with Gasteiger partial charge in [-0.25, -0.2) is 4.98 Å². The number of fused-ring (bicyclic) bond motifs is 1. The average Bonchev–Trinajstić information content (AvgIpc) is 2.54. The number of carbonyl (C=O) groups is 1. The molecule has 0 fully saturated rings. The van der Waals surface area contributed by atoms with Crippen molar-refractivity contribution in [3.05, 3.63) is 65.2 Å². The first-order chi connectivity index (χ1) is 11.0. The van der Waals surface area contributed by atoms with Crippen LogP contribution in [0, 0.1) is 0 Å². The molecule has 0 aliphatic rings. The first-order valence-electron chi connectivity index (χ1n) is 7.16. The summed E-state index contributed by atoms with van der Waals surface area (Å²) in [6, 6.07) is 16.8. The molecule has 3 N–H and O–H groups in total. The van der Waals surface area contributed by atoms with Crippen LogP contribution >= 0.6 is 11.6 Å². The molecule has 1 aromatic heterocycles. The van der Waals surface area contributed by atoms with Gasteiger partial charge in [0.2, 0.25) is 5.91 Å². The number of aliphatic hydroxyl groups is 1. The second-order valence-electron chi connectivity index (χ2n) is 5.32. The number of carbonyl (C=O) groups excluding carboxylic acids is 1. The van der Waals surface area contributed by atoms with Gasteiger partial charge in [-0.15, -0.1) is 0 Å². The topological polar surface area (TPSA) is 76.2 Å². The fourth-order valence-corrected chi connectivity index (χ4v) is 2.71. The van der Waals surface area contributed by atoms with Gasteiger partial charge >= 0.3 is 0 Å². The van der Waals surface area contributed by atoms with E-state index in [2.05, 4.69) is 4.98 Å². The Hall–Kier alpha value is -2.43. The summed E-state index contributed by atoms with van der Waals surface area (Å²) in [6.07, 6.45) is -1.08. The highest BCUT2D eigenvalue weighted by Crippen LogP contribution is 2.27. The molecule has 116 valence electrons. The maximum Gasteiger partial charge on any atom is 0.246 e. The normalized spacial score (nSPS) is 12.3. The zero-order chi connectivity index (χ0) is 16.4. The van der Waals surface area contributed by atoms with Crippen LogP contribution in [0.4, 0.5) is 0 Å². The van der Waals surface area contributed by atoms with E-state index in [1.165, 1.54) is 0 Å². The number of rotatable bonds is 4. The minimum absolute atomic E-state index is 0.145. The lowest BCUT2D eigenvalue weighted by Gasteiger charge is -2.12. The van der Waals surface area contributed by atoms with Gasteiger partial charge in [0.05, 0.1) is 11.2 Å². The molecule has 1 amide bonds. The Morgan fingerprint density at radius 2 is 1.96 bits per heavy atom. The fourth-order valence-electron chi connectivity index (χ4n) is 2.52. The quantitative estimate of drug-likeness (QED) is 0.774. The van der Waals surface area contributed by atoms with Gasteiger partial charge in [0, 0.05) is 22.4 Å². The van der Waals surface area contributed by atoms with E-state index in [9.17, 15) is 9.90 Å². The summed E-state index contributed by atoms with van der Waals surface area (Å²) in [4.78, 5) is 15.8. The number of halogens is 1. The van der Waals surface area contributed by atoms with Crippen molar-refractivity contribution in [2.75, 3.05) is 0 Å². The van der Waals surface area contributed by atoms with E-state index in [0.717, 1.165) is 27.7 Å². The number of hydrogen-bond donors (Lipinski definition) is 2. The number of nitrogens with zero attached hydrogens (tertiary/aromatic N) is 1. The Morgan fingerprint density at radius 1 is 1.17 bits per heavy atom. The highest BCUT2D eigenvalue weighted by molar-refractivity contribution is 6.30. The van der Waals surface area contributed by atoms with Crippen molar-refractivity contribution < 1.29 is 9.90 Å². The Labute approximate surface area is 138 Å². The number of benzene rings is 2. The van der Waals surface area contributed by atoms with Crippen molar-refractivity contribution in [3.63, 3.8) is 0 Å². The molecule has 5 heteroatoms. The molecule has 23 heavy (non-hydrogen) atoms. The average molecular weight is 327 g/mol. The molecule has 0 aliphatic carbocycles. The Balaban J connectivity index is 2.15. The summed E-state index contributed by atoms with van der Waals surface area (Å²) >= 11 is 6.05. The predicted molar refractivity (Wildman–Crippen MR) is 91.1 cm³/mol. The van der Waals surface area contributed by atoms with Crippen LogP contribution in [0.15, 0.2) is 54.6 Å². The molecule has 0 spiro atoms. The second-order valence-corrected chi connectivity index (χ2v) is 5.75. The van der Waals surface area contributed by atoms with Crippen LogP contribution in [0.1, 0.15) is 5.56 Å². The zero-order valence-corrected chi connectivity index (χ0v) is 13.0. The summed E-state index contributed by atoms with van der Waals surface area (Å²) < 4.78 is 0. The van der Waals surface area contributed by atoms with E-state index in [1.54, 1.807) is 6.07 Å². The largest absolute Gasteiger partial charge is 0.383 e. The lowest BCUT2D eigenvalue weighted by molar-refractivity contribution is -0.125. The fraction of sp³-hybridized carbons (Fsp3) is 0.111. The van der Waals surface area contributed by atoms with Gasteiger partial charge in [-0.05, 0) is 29.8 Å². The minimum Gasteiger partial charge on any atom is -0.383 e. The standard InChI is InChI=1S/C18H15ClN2O2/c19-13-5-3-4-11(8-13)16-9-12(10-17(22)18(20)23)14-6-1-2-7-15(14)21-16/h1-9,17,22H,10H2,(H2,20,23). The van der Waals surface area contributed by atoms with Crippen LogP contribution in [0.2, 0.25) is 5.02 Å². The molecule has 0 bridgehead atoms. The molecular weight excluding hydrogens is 312 g/mol. The third-order valence-corrected chi connectivity index (χ3v) is 3.90. The van der Waals surface area contributed by atoms with Crippen LogP contribution < -0.4 is 5.73 Å². The van der Waals surface area contributed by atoms with Crippen LogP contribution in [-0.2, 0) is 11.2 Å². The van der Waals surface area contributed by atoms with E-state index in [0.29, 0.717) is 5.02 Å². The summed E-state index contributed by atoms with van der Waals surface area (Å²) in [5, 5.41) is 11.3. The highest BCUT2D eigenvalue weighted by atomic mass is 35.5. The number of nitrogens with two attached hydrogens (primary N) is 1. The minimum atomic E-state index is -1.23. The first kappa shape index (κ1) is 15.5. The SMILES string of the molecule is NC(=O)C(O)Cc1cc(-c2cccc(Cl)c2)nc2ccccc12. The van der Waals surface area contributed by atoms with Gasteiger partial charge in [0.15, 0.2) is 0 Å². The molecule has 0 saturated heterocycles. The van der Waals surface area contributed by atoms with Crippen molar-refractivity contribution in [2.45, 2.75) is 12.5 Å². The first-order valence-corrected chi connectivity index (χ1v) is 7.54. The lowest BCUT2D eigenvalue weighted by Crippen LogP contribution is -2.30. The molecule has 3 rings (SSSR count). The van der Waals surface area contributed by atoms with E-state index in [-0.39, 0.29) is 6.42 Å². The maximum atomic E-state index is 11.2.